The summed E-state index contributed by atoms with van der Waals surface area (Å²) in [5.74, 6) is -0.280. The number of aromatic nitrogens is 4. The number of nitrogens with one attached hydrogen (secondary N) is 1. The van der Waals surface area contributed by atoms with Crippen molar-refractivity contribution in [1.82, 2.24) is 19.4 Å². The molecule has 7 nitrogen and oxygen atoms in total. The van der Waals surface area contributed by atoms with Crippen molar-refractivity contribution in [3.05, 3.63) is 73.3 Å². The molecule has 0 aliphatic carbocycles. The van der Waals surface area contributed by atoms with E-state index in [4.69, 9.17) is 4.74 Å². The Morgan fingerprint density at radius 1 is 1.04 bits per heavy atom. The predicted molar refractivity (Wildman–Crippen MR) is 96.8 cm³/mol. The number of rotatable bonds is 5. The fourth-order valence-corrected chi connectivity index (χ4v) is 2.49. The van der Waals surface area contributed by atoms with Gasteiger partial charge in [0, 0.05) is 36.0 Å². The molecular formula is C19H15N5O2. The minimum absolute atomic E-state index is 0.155. The summed E-state index contributed by atoms with van der Waals surface area (Å²) < 4.78 is 7.19. The Kier molecular flexibility index (Phi) is 4.26. The van der Waals surface area contributed by atoms with Crippen LogP contribution in [-0.2, 0) is 4.79 Å². The summed E-state index contributed by atoms with van der Waals surface area (Å²) in [6.45, 7) is -0.155. The second-order valence-electron chi connectivity index (χ2n) is 5.54. The Morgan fingerprint density at radius 3 is 2.62 bits per heavy atom. The van der Waals surface area contributed by atoms with Crippen LogP contribution in [0, 0.1) is 0 Å². The fourth-order valence-electron chi connectivity index (χ4n) is 2.49. The van der Waals surface area contributed by atoms with E-state index in [0.717, 1.165) is 16.9 Å². The summed E-state index contributed by atoms with van der Waals surface area (Å²) in [6, 6.07) is 15.2. The van der Waals surface area contributed by atoms with Crippen LogP contribution in [0.3, 0.4) is 0 Å². The monoisotopic (exact) mass is 345 g/mol. The molecule has 0 saturated heterocycles. The molecule has 0 fully saturated rings. The molecule has 4 aromatic rings. The molecule has 1 aromatic carbocycles. The van der Waals surface area contributed by atoms with Crippen LogP contribution in [0.2, 0.25) is 0 Å². The maximum atomic E-state index is 12.0. The lowest BCUT2D eigenvalue weighted by Crippen LogP contribution is -2.20. The zero-order chi connectivity index (χ0) is 17.8. The zero-order valence-corrected chi connectivity index (χ0v) is 13.7. The smallest absolute Gasteiger partial charge is 0.316 e. The number of benzene rings is 1. The molecule has 3 heterocycles. The Morgan fingerprint density at radius 2 is 1.85 bits per heavy atom. The lowest BCUT2D eigenvalue weighted by molar-refractivity contribution is -0.118. The second-order valence-corrected chi connectivity index (χ2v) is 5.54. The number of nitrogens with zero attached hydrogens (tertiary/aromatic N) is 4. The normalized spacial score (nSPS) is 10.6. The van der Waals surface area contributed by atoms with Crippen molar-refractivity contribution in [2.24, 2.45) is 0 Å². The van der Waals surface area contributed by atoms with Crippen molar-refractivity contribution < 1.29 is 9.53 Å². The van der Waals surface area contributed by atoms with Gasteiger partial charge >= 0.3 is 6.01 Å². The van der Waals surface area contributed by atoms with Gasteiger partial charge in [0.25, 0.3) is 5.91 Å². The van der Waals surface area contributed by atoms with Gasteiger partial charge in [-0.05, 0) is 30.3 Å². The van der Waals surface area contributed by atoms with Crippen LogP contribution in [0.4, 0.5) is 5.69 Å². The van der Waals surface area contributed by atoms with Crippen molar-refractivity contribution in [3.8, 4) is 17.3 Å². The fraction of sp³-hybridized carbons (Fsp3) is 0.0526. The molecule has 0 spiro atoms. The summed E-state index contributed by atoms with van der Waals surface area (Å²) in [4.78, 5) is 24.3. The van der Waals surface area contributed by atoms with Gasteiger partial charge in [0.1, 0.15) is 5.65 Å². The second kappa shape index (κ2) is 7.02. The third-order valence-corrected chi connectivity index (χ3v) is 3.70. The van der Waals surface area contributed by atoms with E-state index >= 15 is 0 Å². The molecule has 128 valence electrons. The number of fused-ring (bicyclic) bond motifs is 1. The number of pyridine rings is 1. The average Bonchev–Trinajstić information content (AvgIpc) is 3.12. The Hall–Kier alpha value is -3.74. The lowest BCUT2D eigenvalue weighted by Gasteiger charge is -2.06. The van der Waals surface area contributed by atoms with E-state index in [1.54, 1.807) is 18.5 Å². The third kappa shape index (κ3) is 3.51. The first kappa shape index (κ1) is 15.8. The van der Waals surface area contributed by atoms with Crippen LogP contribution in [0.15, 0.2) is 73.3 Å². The van der Waals surface area contributed by atoms with Crippen LogP contribution in [0.5, 0.6) is 6.01 Å². The van der Waals surface area contributed by atoms with E-state index in [1.165, 1.54) is 0 Å². The molecule has 0 bridgehead atoms. The Labute approximate surface area is 149 Å². The summed E-state index contributed by atoms with van der Waals surface area (Å²) in [5.41, 5.74) is 3.42. The van der Waals surface area contributed by atoms with Crippen LogP contribution < -0.4 is 10.1 Å². The van der Waals surface area contributed by atoms with Crippen molar-refractivity contribution in [1.29, 1.82) is 0 Å². The van der Waals surface area contributed by atoms with Gasteiger partial charge in [-0.1, -0.05) is 18.2 Å². The molecule has 3 aromatic heterocycles. The maximum absolute atomic E-state index is 12.0. The highest BCUT2D eigenvalue weighted by atomic mass is 16.5. The summed E-state index contributed by atoms with van der Waals surface area (Å²) in [5, 5.41) is 2.77. The Balaban J connectivity index is 1.40. The predicted octanol–water partition coefficient (Wildman–Crippen LogP) is 2.81. The van der Waals surface area contributed by atoms with E-state index < -0.39 is 0 Å². The first-order chi connectivity index (χ1) is 12.8. The first-order valence-corrected chi connectivity index (χ1v) is 8.02. The minimum atomic E-state index is -0.280. The van der Waals surface area contributed by atoms with Gasteiger partial charge < -0.3 is 14.5 Å². The van der Waals surface area contributed by atoms with Crippen LogP contribution in [0.25, 0.3) is 16.9 Å². The number of hydrogen-bond acceptors (Lipinski definition) is 5. The van der Waals surface area contributed by atoms with Crippen LogP contribution in [0.1, 0.15) is 0 Å². The third-order valence-electron chi connectivity index (χ3n) is 3.70. The minimum Gasteiger partial charge on any atom is -0.453 e. The number of amides is 1. The van der Waals surface area contributed by atoms with E-state index in [-0.39, 0.29) is 18.5 Å². The van der Waals surface area contributed by atoms with Crippen molar-refractivity contribution in [3.63, 3.8) is 0 Å². The zero-order valence-electron chi connectivity index (χ0n) is 13.7. The molecule has 0 aliphatic heterocycles. The van der Waals surface area contributed by atoms with Gasteiger partial charge in [-0.15, -0.1) is 0 Å². The molecule has 0 unspecified atom stereocenters. The molecule has 4 rings (SSSR count). The number of imidazole rings is 1. The molecule has 0 saturated carbocycles. The van der Waals surface area contributed by atoms with Gasteiger partial charge in [-0.3, -0.25) is 4.79 Å². The number of carbonyl (C=O) groups is 1. The molecular weight excluding hydrogens is 330 g/mol. The molecule has 26 heavy (non-hydrogen) atoms. The highest BCUT2D eigenvalue weighted by Gasteiger charge is 2.07. The topological polar surface area (TPSA) is 81.4 Å². The SMILES string of the molecule is O=C(COc1ncccn1)Nc1ccc(-c2cn3ccccc3n2)cc1. The largest absolute Gasteiger partial charge is 0.453 e. The quantitative estimate of drug-likeness (QED) is 0.601. The molecule has 7 heteroatoms. The standard InChI is InChI=1S/C19H15N5O2/c25-18(13-26-19-20-9-3-10-21-19)22-15-7-5-14(6-8-15)16-12-24-11-2-1-4-17(24)23-16/h1-12H,13H2,(H,22,25). The summed E-state index contributed by atoms with van der Waals surface area (Å²) >= 11 is 0. The van der Waals surface area contributed by atoms with E-state index in [2.05, 4.69) is 20.3 Å². The van der Waals surface area contributed by atoms with Crippen molar-refractivity contribution in [2.75, 3.05) is 11.9 Å². The summed E-state index contributed by atoms with van der Waals surface area (Å²) in [7, 11) is 0. The average molecular weight is 345 g/mol. The van der Waals surface area contributed by atoms with Crippen molar-refractivity contribution >= 4 is 17.2 Å². The number of carbonyl (C=O) groups excluding carboxylic acids is 1. The van der Waals surface area contributed by atoms with E-state index in [1.807, 2.05) is 59.3 Å². The van der Waals surface area contributed by atoms with Crippen LogP contribution in [-0.4, -0.2) is 31.9 Å². The highest BCUT2D eigenvalue weighted by molar-refractivity contribution is 5.92. The molecule has 0 atom stereocenters. The number of anilines is 1. The number of hydrogen-bond donors (Lipinski definition) is 1. The van der Waals surface area contributed by atoms with Gasteiger partial charge in [0.05, 0.1) is 5.69 Å². The number of ether oxygens (including phenoxy) is 1. The molecule has 0 aliphatic rings. The molecule has 0 radical (unpaired) electrons. The first-order valence-electron chi connectivity index (χ1n) is 8.02. The maximum Gasteiger partial charge on any atom is 0.316 e. The van der Waals surface area contributed by atoms with Gasteiger partial charge in [0.15, 0.2) is 6.61 Å². The Bertz CT molecular complexity index is 996. The lowest BCUT2D eigenvalue weighted by atomic mass is 10.1. The van der Waals surface area contributed by atoms with Crippen LogP contribution >= 0.6 is 0 Å². The van der Waals surface area contributed by atoms with E-state index in [0.29, 0.717) is 5.69 Å². The van der Waals surface area contributed by atoms with E-state index in [9.17, 15) is 4.79 Å². The highest BCUT2D eigenvalue weighted by Crippen LogP contribution is 2.21. The summed E-state index contributed by atoms with van der Waals surface area (Å²) in [6.07, 6.45) is 7.03. The molecule has 1 N–H and O–H groups in total. The van der Waals surface area contributed by atoms with Crippen molar-refractivity contribution in [2.45, 2.75) is 0 Å². The van der Waals surface area contributed by atoms with Gasteiger partial charge in [0.2, 0.25) is 0 Å². The molecule has 1 amide bonds. The van der Waals surface area contributed by atoms with Gasteiger partial charge in [-0.2, -0.15) is 0 Å². The van der Waals surface area contributed by atoms with Gasteiger partial charge in [-0.25, -0.2) is 15.0 Å².